The molecule has 2 unspecified atom stereocenters. The lowest BCUT2D eigenvalue weighted by Crippen LogP contribution is -2.18. The molecule has 0 amide bonds. The van der Waals surface area contributed by atoms with Crippen LogP contribution < -0.4 is 0 Å². The number of hydrogen-bond acceptors (Lipinski definition) is 1. The average Bonchev–Trinajstić information content (AvgIpc) is 1.89. The second-order valence-corrected chi connectivity index (χ2v) is 11.4. The third kappa shape index (κ3) is 11.7. The molecule has 0 aromatic carbocycles. The topological polar surface area (TPSA) is 37.3 Å². The molecule has 0 heterocycles. The van der Waals surface area contributed by atoms with Crippen molar-refractivity contribution in [2.24, 2.45) is 22.7 Å². The molecule has 0 radical (unpaired) electrons. The summed E-state index contributed by atoms with van der Waals surface area (Å²) in [6.45, 7) is 17.3. The highest BCUT2D eigenvalue weighted by Gasteiger charge is 2.28. The van der Waals surface area contributed by atoms with Crippen LogP contribution in [0.2, 0.25) is 0 Å². The van der Waals surface area contributed by atoms with Gasteiger partial charge in [0.25, 0.3) is 0 Å². The van der Waals surface area contributed by atoms with Crippen LogP contribution in [-0.4, -0.2) is 17.2 Å². The van der Waals surface area contributed by atoms with Crippen LogP contribution in [0.15, 0.2) is 0 Å². The van der Waals surface area contributed by atoms with Crippen molar-refractivity contribution < 1.29 is 9.46 Å². The van der Waals surface area contributed by atoms with E-state index in [0.717, 1.165) is 12.8 Å². The minimum Gasteiger partial charge on any atom is -0.344 e. The second-order valence-electron chi connectivity index (χ2n) is 8.95. The lowest BCUT2D eigenvalue weighted by atomic mass is 9.86. The maximum Gasteiger partial charge on any atom is 0.201 e. The molecule has 2 atom stereocenters. The Morgan fingerprint density at radius 3 is 1.32 bits per heavy atom. The molecule has 116 valence electrons. The van der Waals surface area contributed by atoms with Crippen molar-refractivity contribution in [3.05, 3.63) is 0 Å². The molecule has 0 aliphatic carbocycles. The minimum atomic E-state index is -2.98. The van der Waals surface area contributed by atoms with Crippen molar-refractivity contribution in [3.63, 3.8) is 0 Å². The minimum absolute atomic E-state index is 0.233. The zero-order valence-corrected chi connectivity index (χ0v) is 15.2. The Hall–Kier alpha value is 0.190. The summed E-state index contributed by atoms with van der Waals surface area (Å²) in [6, 6.07) is 0. The van der Waals surface area contributed by atoms with Gasteiger partial charge in [0.1, 0.15) is 0 Å². The summed E-state index contributed by atoms with van der Waals surface area (Å²) < 4.78 is 12.4. The van der Waals surface area contributed by atoms with Crippen molar-refractivity contribution in [1.29, 1.82) is 0 Å². The summed E-state index contributed by atoms with van der Waals surface area (Å²) in [6.07, 6.45) is 2.95. The molecule has 0 rings (SSSR count). The van der Waals surface area contributed by atoms with E-state index in [1.165, 1.54) is 0 Å². The van der Waals surface area contributed by atoms with Crippen LogP contribution >= 0.6 is 7.37 Å². The highest BCUT2D eigenvalue weighted by atomic mass is 31.2. The fourth-order valence-electron chi connectivity index (χ4n) is 3.27. The van der Waals surface area contributed by atoms with Crippen LogP contribution in [0.5, 0.6) is 0 Å². The van der Waals surface area contributed by atoms with Gasteiger partial charge in [-0.15, -0.1) is 0 Å². The zero-order chi connectivity index (χ0) is 15.5. The third-order valence-corrected chi connectivity index (χ3v) is 5.50. The Kier molecular flexibility index (Phi) is 6.83. The van der Waals surface area contributed by atoms with Crippen molar-refractivity contribution >= 4 is 7.37 Å². The van der Waals surface area contributed by atoms with E-state index in [0.29, 0.717) is 24.2 Å². The molecule has 19 heavy (non-hydrogen) atoms. The van der Waals surface area contributed by atoms with Gasteiger partial charge in [0.05, 0.1) is 0 Å². The van der Waals surface area contributed by atoms with Crippen molar-refractivity contribution in [1.82, 2.24) is 0 Å². The Balaban J connectivity index is 4.36. The van der Waals surface area contributed by atoms with Gasteiger partial charge >= 0.3 is 0 Å². The first-order valence-corrected chi connectivity index (χ1v) is 9.54. The van der Waals surface area contributed by atoms with Crippen LogP contribution in [0.25, 0.3) is 0 Å². The molecule has 0 fully saturated rings. The third-order valence-electron chi connectivity index (χ3n) is 3.12. The Labute approximate surface area is 120 Å². The Morgan fingerprint density at radius 2 is 1.11 bits per heavy atom. The normalized spacial score (nSPS) is 19.8. The van der Waals surface area contributed by atoms with E-state index in [4.69, 9.17) is 0 Å². The summed E-state index contributed by atoms with van der Waals surface area (Å²) in [5.74, 6) is 0.635. The first-order valence-electron chi connectivity index (χ1n) is 7.51. The predicted octanol–water partition coefficient (Wildman–Crippen LogP) is 5.40. The molecule has 0 saturated heterocycles. The van der Waals surface area contributed by atoms with E-state index in [2.05, 4.69) is 55.4 Å². The maximum absolute atomic E-state index is 12.4. The van der Waals surface area contributed by atoms with Gasteiger partial charge in [0.15, 0.2) is 0 Å². The lowest BCUT2D eigenvalue weighted by molar-refractivity contribution is 0.309. The van der Waals surface area contributed by atoms with E-state index >= 15 is 0 Å². The molecule has 0 saturated carbocycles. The monoisotopic (exact) mass is 290 g/mol. The van der Waals surface area contributed by atoms with Gasteiger partial charge < -0.3 is 4.89 Å². The van der Waals surface area contributed by atoms with Crippen LogP contribution in [-0.2, 0) is 4.57 Å². The van der Waals surface area contributed by atoms with E-state index < -0.39 is 7.37 Å². The smallest absolute Gasteiger partial charge is 0.201 e. The molecule has 2 nitrogen and oxygen atoms in total. The molecule has 0 aliphatic rings. The standard InChI is InChI=1S/C16H35O2P/c1-13(9-15(3,4)5)11-19(17,18)12-14(2)10-16(6,7)8/h13-14H,9-12H2,1-8H3,(H,17,18). The van der Waals surface area contributed by atoms with Crippen LogP contribution in [0, 0.1) is 22.7 Å². The van der Waals surface area contributed by atoms with Gasteiger partial charge in [0.2, 0.25) is 7.37 Å². The van der Waals surface area contributed by atoms with Crippen molar-refractivity contribution in [2.45, 2.75) is 68.2 Å². The summed E-state index contributed by atoms with van der Waals surface area (Å²) in [5, 5.41) is 0. The van der Waals surface area contributed by atoms with Gasteiger partial charge in [0, 0.05) is 12.3 Å². The Morgan fingerprint density at radius 1 is 0.842 bits per heavy atom. The molecular weight excluding hydrogens is 255 g/mol. The zero-order valence-electron chi connectivity index (χ0n) is 14.3. The highest BCUT2D eigenvalue weighted by molar-refractivity contribution is 7.58. The molecule has 0 aromatic rings. The van der Waals surface area contributed by atoms with Gasteiger partial charge in [-0.05, 0) is 35.5 Å². The van der Waals surface area contributed by atoms with E-state index in [-0.39, 0.29) is 10.8 Å². The SMILES string of the molecule is CC(CC(C)(C)C)CP(=O)(O)CC(C)CC(C)(C)C. The molecule has 0 spiro atoms. The van der Waals surface area contributed by atoms with Crippen LogP contribution in [0.4, 0.5) is 0 Å². The van der Waals surface area contributed by atoms with Gasteiger partial charge in [-0.3, -0.25) is 4.57 Å². The molecule has 0 aromatic heterocycles. The van der Waals surface area contributed by atoms with Gasteiger partial charge in [-0.2, -0.15) is 0 Å². The summed E-state index contributed by atoms with van der Waals surface area (Å²) in [5.41, 5.74) is 0.465. The lowest BCUT2D eigenvalue weighted by Gasteiger charge is -2.27. The van der Waals surface area contributed by atoms with Crippen LogP contribution in [0.1, 0.15) is 68.2 Å². The van der Waals surface area contributed by atoms with Crippen molar-refractivity contribution in [2.75, 3.05) is 12.3 Å². The molecule has 0 aliphatic heterocycles. The first kappa shape index (κ1) is 19.2. The quantitative estimate of drug-likeness (QED) is 0.665. The maximum atomic E-state index is 12.4. The first-order chi connectivity index (χ1) is 8.20. The summed E-state index contributed by atoms with van der Waals surface area (Å²) >= 11 is 0. The second kappa shape index (κ2) is 6.76. The van der Waals surface area contributed by atoms with Crippen molar-refractivity contribution in [3.8, 4) is 0 Å². The van der Waals surface area contributed by atoms with Gasteiger partial charge in [-0.1, -0.05) is 55.4 Å². The fraction of sp³-hybridized carbons (Fsp3) is 1.00. The Bertz CT molecular complexity index is 282. The van der Waals surface area contributed by atoms with E-state index in [1.807, 2.05) is 0 Å². The molecular formula is C16H35O2P. The predicted molar refractivity (Wildman–Crippen MR) is 86.0 cm³/mol. The largest absolute Gasteiger partial charge is 0.344 e. The molecule has 3 heteroatoms. The summed E-state index contributed by atoms with van der Waals surface area (Å²) in [7, 11) is -2.98. The fourth-order valence-corrected chi connectivity index (χ4v) is 5.62. The van der Waals surface area contributed by atoms with E-state index in [9.17, 15) is 9.46 Å². The van der Waals surface area contributed by atoms with Crippen LogP contribution in [0.3, 0.4) is 0 Å². The highest BCUT2D eigenvalue weighted by Crippen LogP contribution is 2.47. The molecule has 0 bridgehead atoms. The average molecular weight is 290 g/mol. The van der Waals surface area contributed by atoms with E-state index in [1.54, 1.807) is 0 Å². The molecule has 1 N–H and O–H groups in total. The number of rotatable bonds is 6. The number of hydrogen-bond donors (Lipinski definition) is 1. The van der Waals surface area contributed by atoms with Gasteiger partial charge in [-0.25, -0.2) is 0 Å². The summed E-state index contributed by atoms with van der Waals surface area (Å²) in [4.78, 5) is 10.2.